The summed E-state index contributed by atoms with van der Waals surface area (Å²) in [5, 5.41) is 9.50. The molecule has 178 valence electrons. The first kappa shape index (κ1) is 25.4. The molecule has 0 aliphatic rings. The Morgan fingerprint density at radius 1 is 1.15 bits per heavy atom. The van der Waals surface area contributed by atoms with Crippen molar-refractivity contribution in [3.05, 3.63) is 54.1 Å². The summed E-state index contributed by atoms with van der Waals surface area (Å²) in [6.07, 6.45) is -5.17. The minimum atomic E-state index is -5.08. The van der Waals surface area contributed by atoms with Gasteiger partial charge >= 0.3 is 18.3 Å². The lowest BCUT2D eigenvalue weighted by atomic mass is 10.2. The van der Waals surface area contributed by atoms with Gasteiger partial charge in [0, 0.05) is 24.7 Å². The Balaban J connectivity index is 0.000000479. The van der Waals surface area contributed by atoms with Crippen LogP contribution in [-0.4, -0.2) is 43.6 Å². The van der Waals surface area contributed by atoms with Crippen LogP contribution in [0.15, 0.2) is 42.9 Å². The molecule has 0 saturated heterocycles. The highest BCUT2D eigenvalue weighted by Crippen LogP contribution is 2.28. The number of aromatic nitrogens is 3. The molecule has 33 heavy (non-hydrogen) atoms. The highest BCUT2D eigenvalue weighted by molar-refractivity contribution is 6.05. The number of halogens is 6. The van der Waals surface area contributed by atoms with Crippen LogP contribution in [0.25, 0.3) is 5.65 Å². The first-order valence-corrected chi connectivity index (χ1v) is 8.97. The Morgan fingerprint density at radius 2 is 1.79 bits per heavy atom. The normalized spacial score (nSPS) is 11.7. The van der Waals surface area contributed by atoms with Gasteiger partial charge in [0.15, 0.2) is 0 Å². The second-order valence-electron chi connectivity index (χ2n) is 6.57. The van der Waals surface area contributed by atoms with Crippen LogP contribution in [0, 0.1) is 0 Å². The molecule has 0 atom stereocenters. The maximum atomic E-state index is 12.8. The van der Waals surface area contributed by atoms with Gasteiger partial charge in [-0.3, -0.25) is 4.79 Å². The number of carboxylic acids is 1. The number of hydrogen-bond donors (Lipinski definition) is 2. The molecule has 3 aromatic heterocycles. The quantitative estimate of drug-likeness (QED) is 0.538. The highest BCUT2D eigenvalue weighted by atomic mass is 19.4. The van der Waals surface area contributed by atoms with Crippen molar-refractivity contribution in [2.75, 3.05) is 5.32 Å². The standard InChI is InChI=1S/C17H15F3N4O2.C2HF3O2/c1-10(2)26-12-8-15-21-6-7-24(15)9-11(12)16(25)23-14-5-3-4-13(22-14)17(18,19)20;3-2(4,5)1(6)7/h3-10H,1-2H3,(H,22,23,25);(H,6,7). The zero-order chi connectivity index (χ0) is 25.0. The predicted molar refractivity (Wildman–Crippen MR) is 102 cm³/mol. The van der Waals surface area contributed by atoms with Crippen molar-refractivity contribution >= 4 is 23.3 Å². The average molecular weight is 478 g/mol. The van der Waals surface area contributed by atoms with Gasteiger partial charge in [-0.1, -0.05) is 6.07 Å². The van der Waals surface area contributed by atoms with E-state index in [1.54, 1.807) is 36.7 Å². The number of rotatable bonds is 4. The van der Waals surface area contributed by atoms with E-state index in [1.807, 2.05) is 0 Å². The number of carboxylic acid groups (broad SMARTS) is 1. The van der Waals surface area contributed by atoms with Gasteiger partial charge in [-0.25, -0.2) is 14.8 Å². The highest BCUT2D eigenvalue weighted by Gasteiger charge is 2.38. The van der Waals surface area contributed by atoms with Gasteiger partial charge in [-0.05, 0) is 26.0 Å². The minimum Gasteiger partial charge on any atom is -0.490 e. The molecule has 0 aromatic carbocycles. The fraction of sp³-hybridized carbons (Fsp3) is 0.263. The Morgan fingerprint density at radius 3 is 2.33 bits per heavy atom. The van der Waals surface area contributed by atoms with Gasteiger partial charge in [0.1, 0.15) is 22.9 Å². The monoisotopic (exact) mass is 478 g/mol. The van der Waals surface area contributed by atoms with Gasteiger partial charge < -0.3 is 19.6 Å². The molecule has 3 heterocycles. The van der Waals surface area contributed by atoms with Crippen molar-refractivity contribution in [2.45, 2.75) is 32.3 Å². The summed E-state index contributed by atoms with van der Waals surface area (Å²) < 4.78 is 77.3. The first-order chi connectivity index (χ1) is 15.2. The van der Waals surface area contributed by atoms with Crippen LogP contribution in [0.3, 0.4) is 0 Å². The van der Waals surface area contributed by atoms with Crippen LogP contribution < -0.4 is 10.1 Å². The van der Waals surface area contributed by atoms with Gasteiger partial charge in [0.2, 0.25) is 0 Å². The van der Waals surface area contributed by atoms with E-state index < -0.39 is 29.9 Å². The summed E-state index contributed by atoms with van der Waals surface area (Å²) in [4.78, 5) is 29.1. The molecule has 2 N–H and O–H groups in total. The molecule has 0 fully saturated rings. The van der Waals surface area contributed by atoms with E-state index in [1.165, 1.54) is 18.3 Å². The van der Waals surface area contributed by atoms with Crippen molar-refractivity contribution in [2.24, 2.45) is 0 Å². The topological polar surface area (TPSA) is 106 Å². The van der Waals surface area contributed by atoms with Crippen LogP contribution in [-0.2, 0) is 11.0 Å². The molecular weight excluding hydrogens is 462 g/mol. The fourth-order valence-electron chi connectivity index (χ4n) is 2.31. The van der Waals surface area contributed by atoms with Crippen LogP contribution in [0.5, 0.6) is 5.75 Å². The number of anilines is 1. The summed E-state index contributed by atoms with van der Waals surface area (Å²) in [5.74, 6) is -3.31. The number of carbonyl (C=O) groups is 2. The summed E-state index contributed by atoms with van der Waals surface area (Å²) in [5.41, 5.74) is -0.350. The summed E-state index contributed by atoms with van der Waals surface area (Å²) >= 11 is 0. The number of fused-ring (bicyclic) bond motifs is 1. The Bertz CT molecular complexity index is 1140. The number of carbonyl (C=O) groups excluding carboxylic acids is 1. The zero-order valence-electron chi connectivity index (χ0n) is 16.9. The van der Waals surface area contributed by atoms with E-state index in [4.69, 9.17) is 14.6 Å². The lowest BCUT2D eigenvalue weighted by Gasteiger charge is -2.15. The number of aliphatic carboxylic acids is 1. The number of nitrogens with one attached hydrogen (secondary N) is 1. The van der Waals surface area contributed by atoms with Crippen molar-refractivity contribution < 1.29 is 45.8 Å². The average Bonchev–Trinajstić information content (AvgIpc) is 3.13. The van der Waals surface area contributed by atoms with Crippen molar-refractivity contribution in [1.82, 2.24) is 14.4 Å². The Labute approximate surface area is 181 Å². The number of ether oxygens (including phenoxy) is 1. The SMILES string of the molecule is CC(C)Oc1cc2nccn2cc1C(=O)Nc1cccc(C(F)(F)F)n1.O=C(O)C(F)(F)F. The van der Waals surface area contributed by atoms with Crippen LogP contribution in [0.2, 0.25) is 0 Å². The molecule has 3 aromatic rings. The Hall–Kier alpha value is -3.84. The van der Waals surface area contributed by atoms with Gasteiger partial charge in [-0.15, -0.1) is 0 Å². The third-order valence-corrected chi connectivity index (χ3v) is 3.62. The number of hydrogen-bond acceptors (Lipinski definition) is 5. The molecule has 8 nitrogen and oxygen atoms in total. The first-order valence-electron chi connectivity index (χ1n) is 8.97. The molecule has 1 amide bonds. The van der Waals surface area contributed by atoms with Crippen LogP contribution in [0.4, 0.5) is 32.2 Å². The zero-order valence-corrected chi connectivity index (χ0v) is 16.9. The molecule has 0 spiro atoms. The van der Waals surface area contributed by atoms with Crippen LogP contribution in [0.1, 0.15) is 29.9 Å². The second kappa shape index (κ2) is 9.75. The molecule has 3 rings (SSSR count). The number of nitrogens with zero attached hydrogens (tertiary/aromatic N) is 3. The smallest absolute Gasteiger partial charge is 0.490 e. The second-order valence-corrected chi connectivity index (χ2v) is 6.57. The molecule has 0 aliphatic carbocycles. The van der Waals surface area contributed by atoms with E-state index in [2.05, 4.69) is 15.3 Å². The van der Waals surface area contributed by atoms with E-state index >= 15 is 0 Å². The van der Waals surface area contributed by atoms with Gasteiger partial charge in [0.05, 0.1) is 11.7 Å². The Kier molecular flexibility index (Phi) is 7.51. The van der Waals surface area contributed by atoms with E-state index in [-0.39, 0.29) is 23.2 Å². The lowest BCUT2D eigenvalue weighted by Crippen LogP contribution is -2.21. The van der Waals surface area contributed by atoms with E-state index in [9.17, 15) is 31.1 Å². The number of amides is 1. The minimum absolute atomic E-state index is 0.156. The van der Waals surface area contributed by atoms with Crippen molar-refractivity contribution in [3.8, 4) is 5.75 Å². The summed E-state index contributed by atoms with van der Waals surface area (Å²) in [6, 6.07) is 4.89. The third-order valence-electron chi connectivity index (χ3n) is 3.62. The molecule has 0 saturated carbocycles. The van der Waals surface area contributed by atoms with Crippen molar-refractivity contribution in [3.63, 3.8) is 0 Å². The molecular formula is C19H16F6N4O4. The maximum absolute atomic E-state index is 12.8. The van der Waals surface area contributed by atoms with Crippen molar-refractivity contribution in [1.29, 1.82) is 0 Å². The van der Waals surface area contributed by atoms with E-state index in [0.29, 0.717) is 5.65 Å². The number of pyridine rings is 2. The maximum Gasteiger partial charge on any atom is 0.490 e. The van der Waals surface area contributed by atoms with Crippen LogP contribution >= 0.6 is 0 Å². The molecule has 14 heteroatoms. The molecule has 0 aliphatic heterocycles. The molecule has 0 radical (unpaired) electrons. The number of imidazole rings is 1. The largest absolute Gasteiger partial charge is 0.490 e. The van der Waals surface area contributed by atoms with E-state index in [0.717, 1.165) is 6.07 Å². The van der Waals surface area contributed by atoms with Gasteiger partial charge in [-0.2, -0.15) is 26.3 Å². The molecule has 0 bridgehead atoms. The summed E-state index contributed by atoms with van der Waals surface area (Å²) in [7, 11) is 0. The summed E-state index contributed by atoms with van der Waals surface area (Å²) in [6.45, 7) is 3.59. The third kappa shape index (κ3) is 7.08. The van der Waals surface area contributed by atoms with Gasteiger partial charge in [0.25, 0.3) is 5.91 Å². The molecule has 0 unspecified atom stereocenters. The number of alkyl halides is 6. The predicted octanol–water partition coefficient (Wildman–Crippen LogP) is 4.42. The lowest BCUT2D eigenvalue weighted by molar-refractivity contribution is -0.192. The fourth-order valence-corrected chi connectivity index (χ4v) is 2.31.